The van der Waals surface area contributed by atoms with Crippen LogP contribution in [0.5, 0.6) is 0 Å². The summed E-state index contributed by atoms with van der Waals surface area (Å²) in [7, 11) is 3.39. The van der Waals surface area contributed by atoms with Gasteiger partial charge in [0.2, 0.25) is 0 Å². The largest absolute Gasteiger partial charge is 0.444 e. The Morgan fingerprint density at radius 2 is 1.77 bits per heavy atom. The predicted molar refractivity (Wildman–Crippen MR) is 89.3 cm³/mol. The van der Waals surface area contributed by atoms with Crippen molar-refractivity contribution in [2.45, 2.75) is 52.2 Å². The van der Waals surface area contributed by atoms with Crippen LogP contribution < -0.4 is 16.0 Å². The molecule has 22 heavy (non-hydrogen) atoms. The first-order valence-corrected chi connectivity index (χ1v) is 7.54. The van der Waals surface area contributed by atoms with E-state index in [9.17, 15) is 4.79 Å². The summed E-state index contributed by atoms with van der Waals surface area (Å²) in [6, 6.07) is 0. The molecular weight excluding hydrogens is 284 g/mol. The maximum absolute atomic E-state index is 11.8. The summed E-state index contributed by atoms with van der Waals surface area (Å²) in [5, 5.41) is 9.21. The van der Waals surface area contributed by atoms with Crippen LogP contribution >= 0.6 is 0 Å². The number of carbonyl (C=O) groups is 1. The number of rotatable bonds is 7. The highest BCUT2D eigenvalue weighted by molar-refractivity contribution is 5.79. The van der Waals surface area contributed by atoms with Gasteiger partial charge in [0, 0.05) is 33.9 Å². The number of guanidine groups is 1. The highest BCUT2D eigenvalue weighted by atomic mass is 16.6. The number of alkyl carbamates (subject to hydrolysis) is 1. The molecule has 7 nitrogen and oxygen atoms in total. The van der Waals surface area contributed by atoms with Crippen molar-refractivity contribution in [2.75, 3.05) is 33.9 Å². The van der Waals surface area contributed by atoms with E-state index in [1.54, 1.807) is 14.2 Å². The van der Waals surface area contributed by atoms with E-state index in [0.717, 1.165) is 13.0 Å². The van der Waals surface area contributed by atoms with E-state index in [0.29, 0.717) is 19.1 Å². The SMILES string of the molecule is CN=C(NCCCOC)NCC(C)(C)NC(=O)OC(C)(C)C. The third-order valence-corrected chi connectivity index (χ3v) is 2.58. The Bertz CT molecular complexity index is 362. The van der Waals surface area contributed by atoms with Gasteiger partial charge in [-0.15, -0.1) is 0 Å². The van der Waals surface area contributed by atoms with E-state index < -0.39 is 17.2 Å². The number of hydrogen-bond donors (Lipinski definition) is 3. The van der Waals surface area contributed by atoms with Gasteiger partial charge in [0.05, 0.1) is 5.54 Å². The Labute approximate surface area is 134 Å². The van der Waals surface area contributed by atoms with Crippen LogP contribution in [0.25, 0.3) is 0 Å². The Kier molecular flexibility index (Phi) is 8.86. The molecular formula is C15H32N4O3. The second kappa shape index (κ2) is 9.50. The van der Waals surface area contributed by atoms with Gasteiger partial charge in [-0.2, -0.15) is 0 Å². The Hall–Kier alpha value is -1.50. The van der Waals surface area contributed by atoms with Crippen molar-refractivity contribution in [3.05, 3.63) is 0 Å². The standard InChI is InChI=1S/C15H32N4O3/c1-14(2,3)22-13(20)19-15(4,5)11-18-12(16-6)17-9-8-10-21-7/h8-11H2,1-7H3,(H,19,20)(H2,16,17,18). The van der Waals surface area contributed by atoms with Crippen LogP contribution in [0.4, 0.5) is 4.79 Å². The van der Waals surface area contributed by atoms with Crippen molar-refractivity contribution in [2.24, 2.45) is 4.99 Å². The van der Waals surface area contributed by atoms with Gasteiger partial charge in [0.15, 0.2) is 5.96 Å². The van der Waals surface area contributed by atoms with Gasteiger partial charge in [-0.1, -0.05) is 0 Å². The Morgan fingerprint density at radius 1 is 1.14 bits per heavy atom. The number of aliphatic imine (C=N–C) groups is 1. The summed E-state index contributed by atoms with van der Waals surface area (Å²) in [5.74, 6) is 0.690. The highest BCUT2D eigenvalue weighted by Crippen LogP contribution is 2.09. The third-order valence-electron chi connectivity index (χ3n) is 2.58. The molecule has 0 aromatic heterocycles. The summed E-state index contributed by atoms with van der Waals surface area (Å²) in [6.07, 6.45) is 0.471. The average Bonchev–Trinajstić information content (AvgIpc) is 2.34. The molecule has 0 saturated heterocycles. The van der Waals surface area contributed by atoms with Crippen molar-refractivity contribution < 1.29 is 14.3 Å². The zero-order valence-corrected chi connectivity index (χ0v) is 15.0. The van der Waals surface area contributed by atoms with Gasteiger partial charge in [0.25, 0.3) is 0 Å². The predicted octanol–water partition coefficient (Wildman–Crippen LogP) is 1.49. The van der Waals surface area contributed by atoms with E-state index in [-0.39, 0.29) is 0 Å². The number of nitrogens with one attached hydrogen (secondary N) is 3. The molecule has 0 aliphatic heterocycles. The minimum atomic E-state index is -0.507. The number of carbonyl (C=O) groups excluding carboxylic acids is 1. The molecule has 0 aromatic carbocycles. The molecule has 0 atom stereocenters. The normalized spacial score (nSPS) is 12.8. The molecule has 0 aliphatic carbocycles. The quantitative estimate of drug-likeness (QED) is 0.376. The number of methoxy groups -OCH3 is 1. The summed E-state index contributed by atoms with van der Waals surface area (Å²) in [4.78, 5) is 15.9. The lowest BCUT2D eigenvalue weighted by molar-refractivity contribution is 0.0474. The van der Waals surface area contributed by atoms with Gasteiger partial charge in [-0.05, 0) is 41.0 Å². The number of ether oxygens (including phenoxy) is 2. The zero-order chi connectivity index (χ0) is 17.2. The minimum Gasteiger partial charge on any atom is -0.444 e. The van der Waals surface area contributed by atoms with E-state index in [4.69, 9.17) is 9.47 Å². The van der Waals surface area contributed by atoms with Crippen LogP contribution in [0.2, 0.25) is 0 Å². The molecule has 0 heterocycles. The summed E-state index contributed by atoms with van der Waals surface area (Å²) in [6.45, 7) is 11.3. The van der Waals surface area contributed by atoms with Gasteiger partial charge in [-0.3, -0.25) is 4.99 Å². The molecule has 3 N–H and O–H groups in total. The van der Waals surface area contributed by atoms with Crippen LogP contribution in [0, 0.1) is 0 Å². The van der Waals surface area contributed by atoms with E-state index >= 15 is 0 Å². The maximum Gasteiger partial charge on any atom is 0.408 e. The van der Waals surface area contributed by atoms with Gasteiger partial charge >= 0.3 is 6.09 Å². The van der Waals surface area contributed by atoms with E-state index in [1.807, 2.05) is 34.6 Å². The molecule has 0 unspecified atom stereocenters. The zero-order valence-electron chi connectivity index (χ0n) is 15.0. The second-order valence-corrected chi connectivity index (χ2v) is 6.71. The summed E-state index contributed by atoms with van der Waals surface area (Å²) in [5.41, 5.74) is -0.973. The first kappa shape index (κ1) is 20.5. The average molecular weight is 316 g/mol. The number of nitrogens with zero attached hydrogens (tertiary/aromatic N) is 1. The van der Waals surface area contributed by atoms with Gasteiger partial charge in [-0.25, -0.2) is 4.79 Å². The molecule has 0 bridgehead atoms. The van der Waals surface area contributed by atoms with Crippen molar-refractivity contribution >= 4 is 12.1 Å². The molecule has 0 aromatic rings. The highest BCUT2D eigenvalue weighted by Gasteiger charge is 2.24. The molecule has 0 fully saturated rings. The van der Waals surface area contributed by atoms with Crippen LogP contribution in [0.15, 0.2) is 4.99 Å². The first-order chi connectivity index (χ1) is 10.1. The second-order valence-electron chi connectivity index (χ2n) is 6.71. The number of hydrogen-bond acceptors (Lipinski definition) is 4. The monoisotopic (exact) mass is 316 g/mol. The molecule has 130 valence electrons. The van der Waals surface area contributed by atoms with Crippen molar-refractivity contribution in [1.82, 2.24) is 16.0 Å². The topological polar surface area (TPSA) is 84.0 Å². The smallest absolute Gasteiger partial charge is 0.408 e. The van der Waals surface area contributed by atoms with Gasteiger partial charge < -0.3 is 25.4 Å². The molecule has 0 rings (SSSR count). The first-order valence-electron chi connectivity index (χ1n) is 7.54. The molecule has 0 saturated carbocycles. The fraction of sp³-hybridized carbons (Fsp3) is 0.867. The lowest BCUT2D eigenvalue weighted by Crippen LogP contribution is -2.54. The lowest BCUT2D eigenvalue weighted by atomic mass is 10.1. The van der Waals surface area contributed by atoms with Crippen molar-refractivity contribution in [3.8, 4) is 0 Å². The molecule has 0 spiro atoms. The molecule has 0 radical (unpaired) electrons. The van der Waals surface area contributed by atoms with Crippen LogP contribution in [0.3, 0.4) is 0 Å². The summed E-state index contributed by atoms with van der Waals surface area (Å²) < 4.78 is 10.3. The third kappa shape index (κ3) is 11.2. The van der Waals surface area contributed by atoms with Crippen LogP contribution in [0.1, 0.15) is 41.0 Å². The van der Waals surface area contributed by atoms with E-state index in [1.165, 1.54) is 0 Å². The lowest BCUT2D eigenvalue weighted by Gasteiger charge is -2.29. The Morgan fingerprint density at radius 3 is 2.27 bits per heavy atom. The summed E-state index contributed by atoms with van der Waals surface area (Å²) >= 11 is 0. The fourth-order valence-electron chi connectivity index (χ4n) is 1.57. The Balaban J connectivity index is 4.20. The van der Waals surface area contributed by atoms with Crippen LogP contribution in [-0.2, 0) is 9.47 Å². The minimum absolute atomic E-state index is 0.428. The van der Waals surface area contributed by atoms with Gasteiger partial charge in [0.1, 0.15) is 5.60 Å². The fourth-order valence-corrected chi connectivity index (χ4v) is 1.57. The maximum atomic E-state index is 11.8. The number of amides is 1. The molecule has 0 aliphatic rings. The van der Waals surface area contributed by atoms with E-state index in [2.05, 4.69) is 20.9 Å². The van der Waals surface area contributed by atoms with Crippen molar-refractivity contribution in [3.63, 3.8) is 0 Å². The molecule has 1 amide bonds. The molecule has 7 heteroatoms. The van der Waals surface area contributed by atoms with Crippen LogP contribution in [-0.4, -0.2) is 57.0 Å². The van der Waals surface area contributed by atoms with Crippen molar-refractivity contribution in [1.29, 1.82) is 0 Å².